The van der Waals surface area contributed by atoms with Crippen LogP contribution in [-0.2, 0) is 0 Å². The Balaban J connectivity index is 2.73. The molecule has 1 aromatic rings. The predicted molar refractivity (Wildman–Crippen MR) is 67.9 cm³/mol. The molecule has 0 saturated heterocycles. The standard InChI is InChI=1S/C12H22N4/c1-5-13-7-8-16(6-2)12-11(4)14-9-10(3)15-12/h9,13H,5-8H2,1-4H3. The SMILES string of the molecule is CCNCCN(CC)c1nc(C)cnc1C. The second-order valence-corrected chi connectivity index (χ2v) is 3.85. The highest BCUT2D eigenvalue weighted by atomic mass is 15.2. The van der Waals surface area contributed by atoms with Crippen LogP contribution in [-0.4, -0.2) is 36.1 Å². The van der Waals surface area contributed by atoms with Crippen LogP contribution in [0.5, 0.6) is 0 Å². The van der Waals surface area contributed by atoms with Crippen LogP contribution in [0.15, 0.2) is 6.20 Å². The van der Waals surface area contributed by atoms with Crippen molar-refractivity contribution in [3.8, 4) is 0 Å². The van der Waals surface area contributed by atoms with Crippen LogP contribution in [0.1, 0.15) is 25.2 Å². The van der Waals surface area contributed by atoms with Crippen molar-refractivity contribution in [1.29, 1.82) is 0 Å². The van der Waals surface area contributed by atoms with E-state index in [2.05, 4.69) is 34.0 Å². The highest BCUT2D eigenvalue weighted by Crippen LogP contribution is 2.14. The number of aromatic nitrogens is 2. The fourth-order valence-electron chi connectivity index (χ4n) is 1.63. The van der Waals surface area contributed by atoms with Crippen molar-refractivity contribution in [2.45, 2.75) is 27.7 Å². The van der Waals surface area contributed by atoms with E-state index in [4.69, 9.17) is 0 Å². The Kier molecular flexibility index (Phi) is 5.19. The van der Waals surface area contributed by atoms with Gasteiger partial charge in [0.05, 0.1) is 11.4 Å². The molecule has 90 valence electrons. The van der Waals surface area contributed by atoms with Crippen LogP contribution in [0.4, 0.5) is 5.82 Å². The van der Waals surface area contributed by atoms with E-state index in [0.29, 0.717) is 0 Å². The summed E-state index contributed by atoms with van der Waals surface area (Å²) >= 11 is 0. The monoisotopic (exact) mass is 222 g/mol. The summed E-state index contributed by atoms with van der Waals surface area (Å²) in [5, 5.41) is 3.33. The van der Waals surface area contributed by atoms with Crippen molar-refractivity contribution in [3.63, 3.8) is 0 Å². The smallest absolute Gasteiger partial charge is 0.150 e. The molecule has 1 heterocycles. The summed E-state index contributed by atoms with van der Waals surface area (Å²) in [7, 11) is 0. The van der Waals surface area contributed by atoms with Gasteiger partial charge in [-0.05, 0) is 27.3 Å². The minimum atomic E-state index is 0.963. The maximum atomic E-state index is 4.56. The van der Waals surface area contributed by atoms with Crippen molar-refractivity contribution in [1.82, 2.24) is 15.3 Å². The number of rotatable bonds is 6. The lowest BCUT2D eigenvalue weighted by Gasteiger charge is -2.23. The Labute approximate surface area is 98.1 Å². The first-order valence-electron chi connectivity index (χ1n) is 5.95. The molecule has 0 radical (unpaired) electrons. The molecule has 0 saturated carbocycles. The van der Waals surface area contributed by atoms with Gasteiger partial charge in [0.15, 0.2) is 0 Å². The summed E-state index contributed by atoms with van der Waals surface area (Å²) in [4.78, 5) is 11.2. The molecule has 0 bridgehead atoms. The molecule has 0 amide bonds. The molecule has 0 fully saturated rings. The Morgan fingerprint density at radius 1 is 1.31 bits per heavy atom. The van der Waals surface area contributed by atoms with E-state index in [9.17, 15) is 0 Å². The van der Waals surface area contributed by atoms with Gasteiger partial charge in [0.1, 0.15) is 5.82 Å². The van der Waals surface area contributed by atoms with Gasteiger partial charge >= 0.3 is 0 Å². The summed E-state index contributed by atoms with van der Waals surface area (Å²) in [6, 6.07) is 0. The first kappa shape index (κ1) is 12.9. The minimum Gasteiger partial charge on any atom is -0.354 e. The van der Waals surface area contributed by atoms with Gasteiger partial charge in [-0.2, -0.15) is 0 Å². The Morgan fingerprint density at radius 2 is 2.06 bits per heavy atom. The highest BCUT2D eigenvalue weighted by Gasteiger charge is 2.09. The van der Waals surface area contributed by atoms with Crippen LogP contribution in [0.3, 0.4) is 0 Å². The Bertz CT molecular complexity index is 325. The van der Waals surface area contributed by atoms with Gasteiger partial charge in [-0.15, -0.1) is 0 Å². The van der Waals surface area contributed by atoms with E-state index < -0.39 is 0 Å². The molecule has 0 spiro atoms. The van der Waals surface area contributed by atoms with Crippen molar-refractivity contribution in [2.24, 2.45) is 0 Å². The lowest BCUT2D eigenvalue weighted by molar-refractivity contribution is 0.680. The summed E-state index contributed by atoms with van der Waals surface area (Å²) in [6.45, 7) is 12.2. The Morgan fingerprint density at radius 3 is 2.69 bits per heavy atom. The number of hydrogen-bond acceptors (Lipinski definition) is 4. The lowest BCUT2D eigenvalue weighted by Crippen LogP contribution is -2.33. The maximum absolute atomic E-state index is 4.56. The van der Waals surface area contributed by atoms with Crippen LogP contribution < -0.4 is 10.2 Å². The number of nitrogens with one attached hydrogen (secondary N) is 1. The van der Waals surface area contributed by atoms with Crippen LogP contribution >= 0.6 is 0 Å². The molecule has 0 unspecified atom stereocenters. The van der Waals surface area contributed by atoms with Crippen LogP contribution in [0, 0.1) is 13.8 Å². The number of anilines is 1. The highest BCUT2D eigenvalue weighted by molar-refractivity contribution is 5.43. The zero-order chi connectivity index (χ0) is 12.0. The van der Waals surface area contributed by atoms with Crippen molar-refractivity contribution in [3.05, 3.63) is 17.6 Å². The van der Waals surface area contributed by atoms with Gasteiger partial charge in [-0.1, -0.05) is 6.92 Å². The van der Waals surface area contributed by atoms with Crippen molar-refractivity contribution >= 4 is 5.82 Å². The summed E-state index contributed by atoms with van der Waals surface area (Å²) < 4.78 is 0. The van der Waals surface area contributed by atoms with Crippen molar-refractivity contribution < 1.29 is 0 Å². The van der Waals surface area contributed by atoms with Gasteiger partial charge < -0.3 is 10.2 Å². The first-order chi connectivity index (χ1) is 7.69. The Hall–Kier alpha value is -1.16. The molecular weight excluding hydrogens is 200 g/mol. The van der Waals surface area contributed by atoms with Gasteiger partial charge in [0, 0.05) is 25.8 Å². The van der Waals surface area contributed by atoms with E-state index in [-0.39, 0.29) is 0 Å². The third-order valence-electron chi connectivity index (χ3n) is 2.54. The van der Waals surface area contributed by atoms with Gasteiger partial charge in [-0.3, -0.25) is 4.98 Å². The van der Waals surface area contributed by atoms with Crippen molar-refractivity contribution in [2.75, 3.05) is 31.1 Å². The maximum Gasteiger partial charge on any atom is 0.150 e. The molecule has 0 atom stereocenters. The van der Waals surface area contributed by atoms with Crippen LogP contribution in [0.25, 0.3) is 0 Å². The molecule has 0 aromatic carbocycles. The van der Waals surface area contributed by atoms with Crippen LogP contribution in [0.2, 0.25) is 0 Å². The molecule has 16 heavy (non-hydrogen) atoms. The molecule has 0 aliphatic rings. The third kappa shape index (κ3) is 3.45. The first-order valence-corrected chi connectivity index (χ1v) is 5.95. The number of aryl methyl sites for hydroxylation is 2. The van der Waals surface area contributed by atoms with Gasteiger partial charge in [0.2, 0.25) is 0 Å². The molecular formula is C12H22N4. The van der Waals surface area contributed by atoms with E-state index in [1.54, 1.807) is 0 Å². The zero-order valence-corrected chi connectivity index (χ0v) is 10.7. The van der Waals surface area contributed by atoms with E-state index >= 15 is 0 Å². The van der Waals surface area contributed by atoms with E-state index in [1.165, 1.54) is 0 Å². The lowest BCUT2D eigenvalue weighted by atomic mass is 10.3. The molecule has 0 aliphatic heterocycles. The summed E-state index contributed by atoms with van der Waals surface area (Å²) in [6.07, 6.45) is 1.82. The molecule has 4 nitrogen and oxygen atoms in total. The minimum absolute atomic E-state index is 0.963. The number of hydrogen-bond donors (Lipinski definition) is 1. The molecule has 0 aliphatic carbocycles. The summed E-state index contributed by atoms with van der Waals surface area (Å²) in [5.74, 6) is 1.01. The largest absolute Gasteiger partial charge is 0.354 e. The van der Waals surface area contributed by atoms with E-state index in [1.807, 2.05) is 20.0 Å². The van der Waals surface area contributed by atoms with Gasteiger partial charge in [-0.25, -0.2) is 4.98 Å². The molecule has 1 N–H and O–H groups in total. The van der Waals surface area contributed by atoms with E-state index in [0.717, 1.165) is 43.4 Å². The second kappa shape index (κ2) is 6.43. The average Bonchev–Trinajstić information content (AvgIpc) is 2.28. The topological polar surface area (TPSA) is 41.0 Å². The average molecular weight is 222 g/mol. The number of likely N-dealkylation sites (N-methyl/N-ethyl adjacent to an activating group) is 2. The zero-order valence-electron chi connectivity index (χ0n) is 10.7. The molecule has 1 aromatic heterocycles. The normalized spacial score (nSPS) is 10.5. The number of nitrogens with zero attached hydrogens (tertiary/aromatic N) is 3. The molecule has 4 heteroatoms. The molecule has 1 rings (SSSR count). The fourth-order valence-corrected chi connectivity index (χ4v) is 1.63. The van der Waals surface area contributed by atoms with Gasteiger partial charge in [0.25, 0.3) is 0 Å². The predicted octanol–water partition coefficient (Wildman–Crippen LogP) is 1.53. The second-order valence-electron chi connectivity index (χ2n) is 3.85. The quantitative estimate of drug-likeness (QED) is 0.741. The fraction of sp³-hybridized carbons (Fsp3) is 0.667. The third-order valence-corrected chi connectivity index (χ3v) is 2.54. The summed E-state index contributed by atoms with van der Waals surface area (Å²) in [5.41, 5.74) is 1.98.